The second kappa shape index (κ2) is 6.34. The Morgan fingerprint density at radius 1 is 0.895 bits per heavy atom. The molecule has 19 heavy (non-hydrogen) atoms. The van der Waals surface area contributed by atoms with Crippen molar-refractivity contribution in [1.29, 1.82) is 0 Å². The Labute approximate surface area is 132 Å². The molecule has 0 amide bonds. The van der Waals surface area contributed by atoms with E-state index < -0.39 is 0 Å². The van der Waals surface area contributed by atoms with Crippen molar-refractivity contribution in [3.63, 3.8) is 0 Å². The summed E-state index contributed by atoms with van der Waals surface area (Å²) in [5.41, 5.74) is 1.63. The highest BCUT2D eigenvalue weighted by Gasteiger charge is 2.20. The van der Waals surface area contributed by atoms with E-state index in [1.165, 1.54) is 0 Å². The van der Waals surface area contributed by atoms with Gasteiger partial charge in [0.1, 0.15) is 0 Å². The van der Waals surface area contributed by atoms with Gasteiger partial charge in [0, 0.05) is 25.7 Å². The fourth-order valence-corrected chi connectivity index (χ4v) is 3.00. The van der Waals surface area contributed by atoms with Crippen molar-refractivity contribution in [1.82, 2.24) is 5.32 Å². The second-order valence-electron chi connectivity index (χ2n) is 4.02. The molecule has 0 fully saturated rings. The number of rotatable bonds is 3. The van der Waals surface area contributed by atoms with Gasteiger partial charge in [-0.05, 0) is 42.9 Å². The number of nitrogens with one attached hydrogen (secondary N) is 1. The summed E-state index contributed by atoms with van der Waals surface area (Å²) in [7, 11) is 1.82. The first-order chi connectivity index (χ1) is 9.04. The highest BCUT2D eigenvalue weighted by Crippen LogP contribution is 2.37. The summed E-state index contributed by atoms with van der Waals surface area (Å²) in [5.74, 6) is 0. The largest absolute Gasteiger partial charge is 0.309 e. The molecule has 0 radical (unpaired) electrons. The molecule has 2 rings (SSSR count). The van der Waals surface area contributed by atoms with Crippen LogP contribution in [-0.2, 0) is 0 Å². The second-order valence-corrected chi connectivity index (χ2v) is 5.68. The van der Waals surface area contributed by atoms with Crippen LogP contribution in [0.2, 0.25) is 20.1 Å². The van der Waals surface area contributed by atoms with Crippen LogP contribution in [0, 0.1) is 0 Å². The topological polar surface area (TPSA) is 12.0 Å². The molecule has 0 aromatic heterocycles. The molecular formula is C14H11Cl4N. The Morgan fingerprint density at radius 2 is 1.53 bits per heavy atom. The van der Waals surface area contributed by atoms with Crippen molar-refractivity contribution in [2.45, 2.75) is 6.04 Å². The molecule has 0 spiro atoms. The molecule has 0 aliphatic rings. The van der Waals surface area contributed by atoms with Crippen molar-refractivity contribution in [2.75, 3.05) is 7.05 Å². The van der Waals surface area contributed by atoms with E-state index in [9.17, 15) is 0 Å². The van der Waals surface area contributed by atoms with E-state index in [1.807, 2.05) is 13.1 Å². The average molecular weight is 335 g/mol. The van der Waals surface area contributed by atoms with Gasteiger partial charge in [-0.15, -0.1) is 0 Å². The van der Waals surface area contributed by atoms with Crippen LogP contribution in [-0.4, -0.2) is 7.05 Å². The van der Waals surface area contributed by atoms with Crippen molar-refractivity contribution in [2.24, 2.45) is 0 Å². The predicted molar refractivity (Wildman–Crippen MR) is 83.8 cm³/mol. The highest BCUT2D eigenvalue weighted by atomic mass is 35.5. The van der Waals surface area contributed by atoms with Crippen LogP contribution in [0.15, 0.2) is 36.4 Å². The summed E-state index contributed by atoms with van der Waals surface area (Å²) < 4.78 is 0. The minimum absolute atomic E-state index is 0.215. The molecule has 0 heterocycles. The number of hydrogen-bond donors (Lipinski definition) is 1. The van der Waals surface area contributed by atoms with E-state index >= 15 is 0 Å². The van der Waals surface area contributed by atoms with Gasteiger partial charge in [-0.3, -0.25) is 0 Å². The number of hydrogen-bond acceptors (Lipinski definition) is 1. The maximum Gasteiger partial charge on any atom is 0.0619 e. The Bertz CT molecular complexity index is 578. The van der Waals surface area contributed by atoms with Gasteiger partial charge in [0.05, 0.1) is 6.04 Å². The highest BCUT2D eigenvalue weighted by molar-refractivity contribution is 6.36. The third kappa shape index (κ3) is 3.18. The van der Waals surface area contributed by atoms with Gasteiger partial charge < -0.3 is 5.32 Å². The van der Waals surface area contributed by atoms with Gasteiger partial charge in [0.15, 0.2) is 0 Å². The SMILES string of the molecule is CNC(c1cc(Cl)ccc1Cl)c1c(Cl)cccc1Cl. The standard InChI is InChI=1S/C14H11Cl4N/c1-19-14(9-7-8(15)5-6-10(9)16)13-11(17)3-2-4-12(13)18/h2-7,14,19H,1H3. The van der Waals surface area contributed by atoms with E-state index in [-0.39, 0.29) is 6.04 Å². The maximum atomic E-state index is 6.24. The van der Waals surface area contributed by atoms with E-state index in [2.05, 4.69) is 5.32 Å². The van der Waals surface area contributed by atoms with Gasteiger partial charge >= 0.3 is 0 Å². The van der Waals surface area contributed by atoms with Gasteiger partial charge in [0.25, 0.3) is 0 Å². The van der Waals surface area contributed by atoms with Crippen LogP contribution in [0.1, 0.15) is 17.2 Å². The summed E-state index contributed by atoms with van der Waals surface area (Å²) in [6, 6.07) is 10.5. The zero-order valence-corrected chi connectivity index (χ0v) is 13.1. The van der Waals surface area contributed by atoms with Crippen LogP contribution in [0.25, 0.3) is 0 Å². The van der Waals surface area contributed by atoms with Crippen molar-refractivity contribution in [3.8, 4) is 0 Å². The molecule has 1 N–H and O–H groups in total. The first kappa shape index (κ1) is 15.0. The molecule has 100 valence electrons. The molecule has 0 saturated carbocycles. The Kier molecular flexibility index (Phi) is 4.99. The lowest BCUT2D eigenvalue weighted by Gasteiger charge is -2.21. The minimum Gasteiger partial charge on any atom is -0.309 e. The van der Waals surface area contributed by atoms with Gasteiger partial charge in [0.2, 0.25) is 0 Å². The van der Waals surface area contributed by atoms with E-state index in [0.29, 0.717) is 20.1 Å². The van der Waals surface area contributed by atoms with Crippen LogP contribution in [0.3, 0.4) is 0 Å². The van der Waals surface area contributed by atoms with E-state index in [0.717, 1.165) is 11.1 Å². The Hall–Kier alpha value is -0.440. The fourth-order valence-electron chi connectivity index (χ4n) is 1.98. The molecule has 1 unspecified atom stereocenters. The molecule has 0 bridgehead atoms. The molecule has 2 aromatic rings. The maximum absolute atomic E-state index is 6.24. The van der Waals surface area contributed by atoms with Crippen LogP contribution < -0.4 is 5.32 Å². The van der Waals surface area contributed by atoms with Gasteiger partial charge in [-0.2, -0.15) is 0 Å². The van der Waals surface area contributed by atoms with Crippen molar-refractivity contribution >= 4 is 46.4 Å². The monoisotopic (exact) mass is 333 g/mol. The molecular weight excluding hydrogens is 324 g/mol. The number of benzene rings is 2. The normalized spacial score (nSPS) is 12.5. The summed E-state index contributed by atoms with van der Waals surface area (Å²) in [4.78, 5) is 0. The van der Waals surface area contributed by atoms with Crippen molar-refractivity contribution in [3.05, 3.63) is 67.6 Å². The zero-order valence-electron chi connectivity index (χ0n) is 10.1. The summed E-state index contributed by atoms with van der Waals surface area (Å²) in [5, 5.41) is 5.57. The van der Waals surface area contributed by atoms with E-state index in [4.69, 9.17) is 46.4 Å². The Morgan fingerprint density at radius 3 is 2.11 bits per heavy atom. The first-order valence-corrected chi connectivity index (χ1v) is 7.12. The molecule has 1 nitrogen and oxygen atoms in total. The van der Waals surface area contributed by atoms with Crippen molar-refractivity contribution < 1.29 is 0 Å². The van der Waals surface area contributed by atoms with Gasteiger partial charge in [-0.1, -0.05) is 52.5 Å². The van der Waals surface area contributed by atoms with E-state index in [1.54, 1.807) is 30.3 Å². The smallest absolute Gasteiger partial charge is 0.0619 e. The zero-order chi connectivity index (χ0) is 14.0. The Balaban J connectivity index is 2.59. The fraction of sp³-hybridized carbons (Fsp3) is 0.143. The summed E-state index contributed by atoms with van der Waals surface area (Å²) >= 11 is 24.8. The molecule has 1 atom stereocenters. The lowest BCUT2D eigenvalue weighted by Crippen LogP contribution is -2.19. The number of halogens is 4. The summed E-state index contributed by atoms with van der Waals surface area (Å²) in [6.07, 6.45) is 0. The first-order valence-electron chi connectivity index (χ1n) is 5.60. The lowest BCUT2D eigenvalue weighted by atomic mass is 9.98. The van der Waals surface area contributed by atoms with Crippen LogP contribution in [0.4, 0.5) is 0 Å². The molecule has 0 saturated heterocycles. The average Bonchev–Trinajstić information content (AvgIpc) is 2.37. The molecule has 5 heteroatoms. The third-order valence-electron chi connectivity index (χ3n) is 2.85. The van der Waals surface area contributed by atoms with Crippen LogP contribution in [0.5, 0.6) is 0 Å². The van der Waals surface area contributed by atoms with Crippen LogP contribution >= 0.6 is 46.4 Å². The lowest BCUT2D eigenvalue weighted by molar-refractivity contribution is 0.692. The molecule has 0 aliphatic carbocycles. The third-order valence-corrected chi connectivity index (χ3v) is 4.08. The quantitative estimate of drug-likeness (QED) is 0.769. The van der Waals surface area contributed by atoms with Gasteiger partial charge in [-0.25, -0.2) is 0 Å². The molecule has 2 aromatic carbocycles. The minimum atomic E-state index is -0.215. The molecule has 0 aliphatic heterocycles. The predicted octanol–water partition coefficient (Wildman–Crippen LogP) is 5.61. The summed E-state index contributed by atoms with van der Waals surface area (Å²) in [6.45, 7) is 0.